The lowest BCUT2D eigenvalue weighted by molar-refractivity contribution is -0.149. The predicted octanol–water partition coefficient (Wildman–Crippen LogP) is 3.76. The molecule has 3 rings (SSSR count). The molecule has 0 saturated heterocycles. The molecule has 0 amide bonds. The monoisotopic (exact) mass is 524 g/mol. The van der Waals surface area contributed by atoms with Gasteiger partial charge in [0, 0.05) is 5.02 Å². The van der Waals surface area contributed by atoms with Gasteiger partial charge in [0.2, 0.25) is 0 Å². The third-order valence-electron chi connectivity index (χ3n) is 4.89. The van der Waals surface area contributed by atoms with Gasteiger partial charge in [0.05, 0.1) is 31.7 Å². The van der Waals surface area contributed by atoms with Crippen LogP contribution in [0.2, 0.25) is 5.02 Å². The molecule has 1 aromatic carbocycles. The van der Waals surface area contributed by atoms with Crippen molar-refractivity contribution in [1.29, 1.82) is 0 Å². The summed E-state index contributed by atoms with van der Waals surface area (Å²) in [5.74, 6) is -0.261. The van der Waals surface area contributed by atoms with E-state index in [1.54, 1.807) is 55.9 Å². The summed E-state index contributed by atoms with van der Waals surface area (Å²) in [6.07, 6.45) is 1.95. The molecule has 13 heteroatoms. The predicted molar refractivity (Wildman–Crippen MR) is 133 cm³/mol. The van der Waals surface area contributed by atoms with Gasteiger partial charge in [-0.3, -0.25) is 9.36 Å². The highest BCUT2D eigenvalue weighted by Gasteiger charge is 2.31. The summed E-state index contributed by atoms with van der Waals surface area (Å²) >= 11 is 6.21. The van der Waals surface area contributed by atoms with Gasteiger partial charge in [-0.1, -0.05) is 29.8 Å². The fourth-order valence-corrected chi connectivity index (χ4v) is 5.08. The van der Waals surface area contributed by atoms with Crippen molar-refractivity contribution in [1.82, 2.24) is 24.6 Å². The van der Waals surface area contributed by atoms with Crippen LogP contribution >= 0.6 is 19.1 Å². The van der Waals surface area contributed by atoms with Gasteiger partial charge < -0.3 is 24.3 Å². The minimum absolute atomic E-state index is 0.0318. The number of aromatic nitrogens is 4. The van der Waals surface area contributed by atoms with E-state index in [-0.39, 0.29) is 24.9 Å². The zero-order valence-corrected chi connectivity index (χ0v) is 21.7. The van der Waals surface area contributed by atoms with Gasteiger partial charge in [0.1, 0.15) is 24.2 Å². The lowest BCUT2D eigenvalue weighted by Crippen LogP contribution is -2.36. The van der Waals surface area contributed by atoms with E-state index in [2.05, 4.69) is 20.0 Å². The molecule has 3 atom stereocenters. The molecule has 0 saturated carbocycles. The largest absolute Gasteiger partial charge is 0.462 e. The molecule has 0 radical (unpaired) electrons. The smallest absolute Gasteiger partial charge is 0.323 e. The molecule has 0 fully saturated rings. The molecule has 0 aliphatic carbocycles. The summed E-state index contributed by atoms with van der Waals surface area (Å²) in [4.78, 5) is 24.7. The molecule has 0 aliphatic heterocycles. The number of carbonyl (C=O) groups is 1. The van der Waals surface area contributed by atoms with Crippen LogP contribution in [0.3, 0.4) is 0 Å². The summed E-state index contributed by atoms with van der Waals surface area (Å²) < 4.78 is 32.3. The molecule has 3 aromatic rings. The highest BCUT2D eigenvalue weighted by atomic mass is 35.5. The molecule has 0 spiro atoms. The lowest BCUT2D eigenvalue weighted by Gasteiger charge is -2.25. The molecular weight excluding hydrogens is 495 g/mol. The number of ether oxygens (including phenoxy) is 2. The van der Waals surface area contributed by atoms with Crippen LogP contribution in [0.5, 0.6) is 0 Å². The first kappa shape index (κ1) is 27.0. The average molecular weight is 525 g/mol. The zero-order chi connectivity index (χ0) is 25.6. The molecule has 11 nitrogen and oxygen atoms in total. The van der Waals surface area contributed by atoms with Gasteiger partial charge in [0.25, 0.3) is 7.52 Å². The van der Waals surface area contributed by atoms with Crippen molar-refractivity contribution < 1.29 is 23.4 Å². The number of hydrogen-bond acceptors (Lipinski definition) is 9. The molecule has 190 valence electrons. The maximum atomic E-state index is 13.7. The summed E-state index contributed by atoms with van der Waals surface area (Å²) in [6, 6.07) is 6.19. The second kappa shape index (κ2) is 11.9. The van der Waals surface area contributed by atoms with Crippen LogP contribution in [-0.2, 0) is 36.5 Å². The van der Waals surface area contributed by atoms with Gasteiger partial charge in [-0.05, 0) is 39.3 Å². The van der Waals surface area contributed by atoms with Crippen LogP contribution in [-0.4, -0.2) is 50.1 Å². The fourth-order valence-electron chi connectivity index (χ4n) is 3.17. The van der Waals surface area contributed by atoms with Crippen LogP contribution in [0.25, 0.3) is 11.2 Å². The van der Waals surface area contributed by atoms with Crippen molar-refractivity contribution in [3.05, 3.63) is 47.5 Å². The molecule has 3 N–H and O–H groups in total. The topological polar surface area (TPSA) is 143 Å². The van der Waals surface area contributed by atoms with Gasteiger partial charge in [0.15, 0.2) is 11.5 Å². The minimum Gasteiger partial charge on any atom is -0.462 e. The van der Waals surface area contributed by atoms with Crippen LogP contribution in [0.4, 0.5) is 5.82 Å². The number of halogens is 1. The fraction of sp³-hybridized carbons (Fsp3) is 0.455. The molecule has 0 aliphatic rings. The standard InChI is InChI=1S/C22H30ClN6O5P/c1-14(2)34-22(30)16(4)28-35(31,33-10-17-7-5-6-8-18(17)23)13-32-15(3)9-29-12-27-19-20(24)25-11-26-21(19)29/h5-8,11-12,14-16H,9-10,13H2,1-4H3,(H,28,31)(H2,24,25,26)/t15-,16+,35?/m1/s1. The Kier molecular flexibility index (Phi) is 9.21. The highest BCUT2D eigenvalue weighted by Crippen LogP contribution is 2.44. The van der Waals surface area contributed by atoms with E-state index in [4.69, 9.17) is 31.3 Å². The molecule has 2 heterocycles. The first-order valence-corrected chi connectivity index (χ1v) is 13.2. The van der Waals surface area contributed by atoms with Crippen molar-refractivity contribution >= 4 is 42.1 Å². The maximum Gasteiger partial charge on any atom is 0.323 e. The number of rotatable bonds is 12. The summed E-state index contributed by atoms with van der Waals surface area (Å²) in [5, 5.41) is 3.25. The quantitative estimate of drug-likeness (QED) is 0.265. The van der Waals surface area contributed by atoms with E-state index >= 15 is 0 Å². The normalized spacial score (nSPS) is 15.1. The summed E-state index contributed by atoms with van der Waals surface area (Å²) in [7, 11) is -3.66. The van der Waals surface area contributed by atoms with E-state index in [1.807, 2.05) is 6.92 Å². The number of nitrogens with one attached hydrogen (secondary N) is 1. The van der Waals surface area contributed by atoms with Crippen molar-refractivity contribution in [3.8, 4) is 0 Å². The Morgan fingerprint density at radius 3 is 2.66 bits per heavy atom. The number of hydrogen-bond donors (Lipinski definition) is 2. The Labute approximate surface area is 208 Å². The number of nitrogens with zero attached hydrogens (tertiary/aromatic N) is 4. The number of anilines is 1. The number of nitrogen functional groups attached to an aromatic ring is 1. The molecule has 0 bridgehead atoms. The number of esters is 1. The first-order valence-electron chi connectivity index (χ1n) is 11.1. The average Bonchev–Trinajstić information content (AvgIpc) is 3.21. The first-order chi connectivity index (χ1) is 16.6. The van der Waals surface area contributed by atoms with Gasteiger partial charge >= 0.3 is 5.97 Å². The zero-order valence-electron chi connectivity index (χ0n) is 20.1. The van der Waals surface area contributed by atoms with Crippen molar-refractivity contribution in [2.45, 2.75) is 59.1 Å². The number of nitrogens with two attached hydrogens (primary N) is 1. The van der Waals surface area contributed by atoms with Gasteiger partial charge in [-0.2, -0.15) is 0 Å². The third kappa shape index (κ3) is 7.46. The van der Waals surface area contributed by atoms with Crippen molar-refractivity contribution in [3.63, 3.8) is 0 Å². The van der Waals surface area contributed by atoms with Crippen LogP contribution in [0, 0.1) is 0 Å². The number of benzene rings is 1. The van der Waals surface area contributed by atoms with Crippen LogP contribution in [0.15, 0.2) is 36.9 Å². The number of carbonyl (C=O) groups excluding carboxylic acids is 1. The molecule has 2 aromatic heterocycles. The number of fused-ring (bicyclic) bond motifs is 1. The van der Waals surface area contributed by atoms with E-state index in [9.17, 15) is 9.36 Å². The van der Waals surface area contributed by atoms with Crippen molar-refractivity contribution in [2.24, 2.45) is 0 Å². The Bertz CT molecular complexity index is 1210. The summed E-state index contributed by atoms with van der Waals surface area (Å²) in [6.45, 7) is 7.17. The van der Waals surface area contributed by atoms with E-state index in [1.165, 1.54) is 6.33 Å². The summed E-state index contributed by atoms with van der Waals surface area (Å²) in [5.41, 5.74) is 7.56. The van der Waals surface area contributed by atoms with Crippen molar-refractivity contribution in [2.75, 3.05) is 12.1 Å². The van der Waals surface area contributed by atoms with E-state index < -0.39 is 25.6 Å². The van der Waals surface area contributed by atoms with Crippen LogP contribution in [0.1, 0.15) is 33.3 Å². The molecule has 35 heavy (non-hydrogen) atoms. The van der Waals surface area contributed by atoms with Gasteiger partial charge in [-0.25, -0.2) is 20.0 Å². The Balaban J connectivity index is 1.69. The molecular formula is C22H30ClN6O5P. The Hall–Kier alpha value is -2.56. The number of imidazole rings is 1. The van der Waals surface area contributed by atoms with Gasteiger partial charge in [-0.15, -0.1) is 0 Å². The third-order valence-corrected chi connectivity index (χ3v) is 7.08. The highest BCUT2D eigenvalue weighted by molar-refractivity contribution is 7.56. The maximum absolute atomic E-state index is 13.7. The Morgan fingerprint density at radius 2 is 1.94 bits per heavy atom. The van der Waals surface area contributed by atoms with E-state index in [0.717, 1.165) is 0 Å². The minimum atomic E-state index is -3.66. The van der Waals surface area contributed by atoms with Crippen LogP contribution < -0.4 is 10.8 Å². The second-order valence-corrected chi connectivity index (χ2v) is 10.8. The Morgan fingerprint density at radius 1 is 1.20 bits per heavy atom. The van der Waals surface area contributed by atoms with E-state index in [0.29, 0.717) is 28.3 Å². The molecule has 1 unspecified atom stereocenters. The lowest BCUT2D eigenvalue weighted by atomic mass is 10.2. The SMILES string of the molecule is CC(C)OC(=O)[C@H](C)NP(=O)(CO[C@H](C)Cn1cnc2c(N)ncnc21)OCc1ccccc1Cl. The second-order valence-electron chi connectivity index (χ2n) is 8.31.